The first-order valence-corrected chi connectivity index (χ1v) is 5.90. The predicted octanol–water partition coefficient (Wildman–Crippen LogP) is 1.21. The minimum atomic E-state index is -0.922. The molecule has 1 unspecified atom stereocenters. The zero-order chi connectivity index (χ0) is 14.7. The SMILES string of the molecule is COc1ccc(F)c(NC(=O)C(N)c2cnn(C)c2)c1. The Balaban J connectivity index is 2.15. The number of amides is 1. The zero-order valence-corrected chi connectivity index (χ0v) is 11.1. The van der Waals surface area contributed by atoms with Gasteiger partial charge in [-0.25, -0.2) is 4.39 Å². The smallest absolute Gasteiger partial charge is 0.246 e. The van der Waals surface area contributed by atoms with Gasteiger partial charge in [-0.1, -0.05) is 0 Å². The second-order valence-corrected chi connectivity index (χ2v) is 4.26. The predicted molar refractivity (Wildman–Crippen MR) is 71.7 cm³/mol. The number of carbonyl (C=O) groups is 1. The van der Waals surface area contributed by atoms with E-state index >= 15 is 0 Å². The number of nitrogens with zero attached hydrogens (tertiary/aromatic N) is 2. The van der Waals surface area contributed by atoms with Crippen LogP contribution >= 0.6 is 0 Å². The van der Waals surface area contributed by atoms with E-state index in [0.29, 0.717) is 11.3 Å². The fourth-order valence-electron chi connectivity index (χ4n) is 1.69. The fraction of sp³-hybridized carbons (Fsp3) is 0.231. The van der Waals surface area contributed by atoms with Crippen LogP contribution in [0.4, 0.5) is 10.1 Å². The van der Waals surface area contributed by atoms with Gasteiger partial charge in [0.25, 0.3) is 0 Å². The second kappa shape index (κ2) is 5.70. The van der Waals surface area contributed by atoms with Gasteiger partial charge >= 0.3 is 0 Å². The van der Waals surface area contributed by atoms with E-state index in [1.165, 1.54) is 36.2 Å². The minimum Gasteiger partial charge on any atom is -0.497 e. The summed E-state index contributed by atoms with van der Waals surface area (Å²) in [5.74, 6) is -0.640. The maximum atomic E-state index is 13.6. The summed E-state index contributed by atoms with van der Waals surface area (Å²) >= 11 is 0. The quantitative estimate of drug-likeness (QED) is 0.880. The molecule has 0 aliphatic carbocycles. The Morgan fingerprint density at radius 1 is 1.55 bits per heavy atom. The van der Waals surface area contributed by atoms with E-state index in [0.717, 1.165) is 0 Å². The monoisotopic (exact) mass is 278 g/mol. The van der Waals surface area contributed by atoms with Crippen LogP contribution in [0.3, 0.4) is 0 Å². The number of anilines is 1. The number of hydrogen-bond acceptors (Lipinski definition) is 4. The molecule has 1 heterocycles. The van der Waals surface area contributed by atoms with Crippen molar-refractivity contribution in [1.82, 2.24) is 9.78 Å². The van der Waals surface area contributed by atoms with Gasteiger partial charge in [0.15, 0.2) is 0 Å². The minimum absolute atomic E-state index is 0.0219. The van der Waals surface area contributed by atoms with Crippen LogP contribution in [0.5, 0.6) is 5.75 Å². The standard InChI is InChI=1S/C13H15FN4O2/c1-18-7-8(6-16-18)12(15)13(19)17-11-5-9(20-2)3-4-10(11)14/h3-7,12H,15H2,1-2H3,(H,17,19). The number of rotatable bonds is 4. The Labute approximate surface area is 115 Å². The first-order valence-electron chi connectivity index (χ1n) is 5.90. The van der Waals surface area contributed by atoms with Crippen LogP contribution in [-0.2, 0) is 11.8 Å². The van der Waals surface area contributed by atoms with Crippen LogP contribution < -0.4 is 15.8 Å². The lowest BCUT2D eigenvalue weighted by atomic mass is 10.1. The molecule has 0 aliphatic heterocycles. The van der Waals surface area contributed by atoms with Crippen molar-refractivity contribution < 1.29 is 13.9 Å². The van der Waals surface area contributed by atoms with Gasteiger partial charge in [-0.3, -0.25) is 9.48 Å². The zero-order valence-electron chi connectivity index (χ0n) is 11.1. The normalized spacial score (nSPS) is 12.0. The molecule has 1 amide bonds. The molecule has 2 rings (SSSR count). The summed E-state index contributed by atoms with van der Waals surface area (Å²) in [6, 6.07) is 3.15. The van der Waals surface area contributed by atoms with E-state index in [1.807, 2.05) is 0 Å². The van der Waals surface area contributed by atoms with E-state index in [1.54, 1.807) is 13.2 Å². The molecule has 2 aromatic rings. The summed E-state index contributed by atoms with van der Waals surface area (Å²) in [6.07, 6.45) is 3.12. The fourth-order valence-corrected chi connectivity index (χ4v) is 1.69. The molecule has 0 spiro atoms. The molecule has 0 fully saturated rings. The van der Waals surface area contributed by atoms with E-state index in [-0.39, 0.29) is 5.69 Å². The number of aryl methyl sites for hydroxylation is 1. The number of benzene rings is 1. The summed E-state index contributed by atoms with van der Waals surface area (Å²) in [6.45, 7) is 0. The van der Waals surface area contributed by atoms with Gasteiger partial charge in [-0.05, 0) is 12.1 Å². The molecule has 7 heteroatoms. The first-order chi connectivity index (χ1) is 9.51. The molecule has 0 saturated carbocycles. The van der Waals surface area contributed by atoms with Gasteiger partial charge in [0.05, 0.1) is 19.0 Å². The first kappa shape index (κ1) is 14.0. The Hall–Kier alpha value is -2.41. The third kappa shape index (κ3) is 2.94. The summed E-state index contributed by atoms with van der Waals surface area (Å²) in [5, 5.41) is 6.37. The molecule has 0 saturated heterocycles. The van der Waals surface area contributed by atoms with Gasteiger partial charge in [-0.15, -0.1) is 0 Å². The number of ether oxygens (including phenoxy) is 1. The van der Waals surface area contributed by atoms with Crippen molar-refractivity contribution in [1.29, 1.82) is 0 Å². The second-order valence-electron chi connectivity index (χ2n) is 4.26. The molecule has 0 aliphatic rings. The van der Waals surface area contributed by atoms with Gasteiger partial charge in [0, 0.05) is 24.9 Å². The summed E-state index contributed by atoms with van der Waals surface area (Å²) in [7, 11) is 3.18. The third-order valence-corrected chi connectivity index (χ3v) is 2.80. The number of methoxy groups -OCH3 is 1. The largest absolute Gasteiger partial charge is 0.497 e. The maximum absolute atomic E-state index is 13.6. The molecule has 6 nitrogen and oxygen atoms in total. The number of halogens is 1. The van der Waals surface area contributed by atoms with Crippen molar-refractivity contribution >= 4 is 11.6 Å². The molecule has 1 aromatic heterocycles. The van der Waals surface area contributed by atoms with Crippen molar-refractivity contribution in [3.63, 3.8) is 0 Å². The Bertz CT molecular complexity index is 627. The topological polar surface area (TPSA) is 82.2 Å². The van der Waals surface area contributed by atoms with E-state index in [9.17, 15) is 9.18 Å². The van der Waals surface area contributed by atoms with Crippen molar-refractivity contribution in [3.05, 3.63) is 42.0 Å². The third-order valence-electron chi connectivity index (χ3n) is 2.80. The lowest BCUT2D eigenvalue weighted by Crippen LogP contribution is -2.27. The van der Waals surface area contributed by atoms with Crippen LogP contribution in [0.25, 0.3) is 0 Å². The van der Waals surface area contributed by atoms with E-state index in [4.69, 9.17) is 10.5 Å². The molecule has 106 valence electrons. The average molecular weight is 278 g/mol. The Morgan fingerprint density at radius 3 is 2.90 bits per heavy atom. The van der Waals surface area contributed by atoms with Crippen LogP contribution in [0.15, 0.2) is 30.6 Å². The van der Waals surface area contributed by atoms with Gasteiger partial charge < -0.3 is 15.8 Å². The van der Waals surface area contributed by atoms with Crippen molar-refractivity contribution in [2.45, 2.75) is 6.04 Å². The number of nitrogens with two attached hydrogens (primary N) is 1. The molecule has 1 aromatic carbocycles. The summed E-state index contributed by atoms with van der Waals surface area (Å²) < 4.78 is 20.1. The summed E-state index contributed by atoms with van der Waals surface area (Å²) in [4.78, 5) is 12.0. The molecule has 0 bridgehead atoms. The lowest BCUT2D eigenvalue weighted by molar-refractivity contribution is -0.117. The summed E-state index contributed by atoms with van der Waals surface area (Å²) in [5.41, 5.74) is 6.37. The Morgan fingerprint density at radius 2 is 2.30 bits per heavy atom. The van der Waals surface area contributed by atoms with E-state index < -0.39 is 17.8 Å². The number of hydrogen-bond donors (Lipinski definition) is 2. The molecule has 3 N–H and O–H groups in total. The maximum Gasteiger partial charge on any atom is 0.246 e. The van der Waals surface area contributed by atoms with Gasteiger partial charge in [-0.2, -0.15) is 5.10 Å². The molecule has 0 radical (unpaired) electrons. The number of carbonyl (C=O) groups excluding carboxylic acids is 1. The highest BCUT2D eigenvalue weighted by Crippen LogP contribution is 2.22. The van der Waals surface area contributed by atoms with Crippen molar-refractivity contribution in [3.8, 4) is 5.75 Å². The number of nitrogens with one attached hydrogen (secondary N) is 1. The van der Waals surface area contributed by atoms with Crippen LogP contribution in [0.1, 0.15) is 11.6 Å². The average Bonchev–Trinajstić information content (AvgIpc) is 2.87. The number of aromatic nitrogens is 2. The highest BCUT2D eigenvalue weighted by molar-refractivity contribution is 5.95. The molecule has 1 atom stereocenters. The van der Waals surface area contributed by atoms with Crippen LogP contribution in [-0.4, -0.2) is 22.8 Å². The van der Waals surface area contributed by atoms with Crippen molar-refractivity contribution in [2.24, 2.45) is 12.8 Å². The van der Waals surface area contributed by atoms with Gasteiger partial charge in [0.2, 0.25) is 5.91 Å². The highest BCUT2D eigenvalue weighted by atomic mass is 19.1. The highest BCUT2D eigenvalue weighted by Gasteiger charge is 2.19. The van der Waals surface area contributed by atoms with E-state index in [2.05, 4.69) is 10.4 Å². The molecular weight excluding hydrogens is 263 g/mol. The lowest BCUT2D eigenvalue weighted by Gasteiger charge is -2.12. The molecule has 20 heavy (non-hydrogen) atoms. The van der Waals surface area contributed by atoms with Crippen molar-refractivity contribution in [2.75, 3.05) is 12.4 Å². The Kier molecular flexibility index (Phi) is 3.99. The van der Waals surface area contributed by atoms with Crippen LogP contribution in [0, 0.1) is 5.82 Å². The van der Waals surface area contributed by atoms with Gasteiger partial charge in [0.1, 0.15) is 17.6 Å². The molecular formula is C13H15FN4O2. The van der Waals surface area contributed by atoms with Crippen LogP contribution in [0.2, 0.25) is 0 Å².